The first-order chi connectivity index (χ1) is 13.5. The Bertz CT molecular complexity index is 768. The normalized spacial score (nSPS) is 16.4. The van der Waals surface area contributed by atoms with Crippen molar-refractivity contribution in [1.29, 1.82) is 0 Å². The molecule has 0 radical (unpaired) electrons. The fraction of sp³-hybridized carbons (Fsp3) is 0.435. The van der Waals surface area contributed by atoms with Crippen molar-refractivity contribution in [3.8, 4) is 11.5 Å². The number of nitrogens with one attached hydrogen (secondary N) is 1. The summed E-state index contributed by atoms with van der Waals surface area (Å²) in [5, 5.41) is 2.93. The summed E-state index contributed by atoms with van der Waals surface area (Å²) in [6.07, 6.45) is 1.87. The van der Waals surface area contributed by atoms with E-state index in [2.05, 4.69) is 17.3 Å². The van der Waals surface area contributed by atoms with E-state index in [0.29, 0.717) is 18.4 Å². The molecule has 1 aliphatic rings. The SMILES string of the molecule is Cc1cccc(O[C@H](C)C(=O)NCc2ccc(OC3CCN(C)CC3)cc2)c1. The second kappa shape index (κ2) is 9.60. The third-order valence-electron chi connectivity index (χ3n) is 5.03. The maximum atomic E-state index is 12.3. The molecule has 28 heavy (non-hydrogen) atoms. The standard InChI is InChI=1S/C23H30N2O3/c1-17-5-4-6-22(15-17)27-18(2)23(26)24-16-19-7-9-20(10-8-19)28-21-11-13-25(3)14-12-21/h4-10,15,18,21H,11-14,16H2,1-3H3,(H,24,26)/t18-/m1/s1. The van der Waals surface area contributed by atoms with E-state index in [1.54, 1.807) is 6.92 Å². The van der Waals surface area contributed by atoms with Gasteiger partial charge in [0.1, 0.15) is 17.6 Å². The fourth-order valence-electron chi connectivity index (χ4n) is 3.26. The molecule has 1 saturated heterocycles. The summed E-state index contributed by atoms with van der Waals surface area (Å²) in [6.45, 7) is 6.39. The van der Waals surface area contributed by atoms with Gasteiger partial charge in [0.2, 0.25) is 0 Å². The Labute approximate surface area is 167 Å². The summed E-state index contributed by atoms with van der Waals surface area (Å²) in [7, 11) is 2.14. The van der Waals surface area contributed by atoms with Crippen molar-refractivity contribution < 1.29 is 14.3 Å². The number of hydrogen-bond donors (Lipinski definition) is 1. The number of hydrogen-bond acceptors (Lipinski definition) is 4. The first-order valence-electron chi connectivity index (χ1n) is 9.95. The highest BCUT2D eigenvalue weighted by atomic mass is 16.5. The highest BCUT2D eigenvalue weighted by molar-refractivity contribution is 5.80. The Morgan fingerprint density at radius 1 is 1.14 bits per heavy atom. The number of nitrogens with zero attached hydrogens (tertiary/aromatic N) is 1. The molecule has 1 N–H and O–H groups in total. The molecular weight excluding hydrogens is 352 g/mol. The molecule has 0 saturated carbocycles. The molecule has 3 rings (SSSR count). The molecule has 150 valence electrons. The topological polar surface area (TPSA) is 50.8 Å². The lowest BCUT2D eigenvalue weighted by Crippen LogP contribution is -2.36. The van der Waals surface area contributed by atoms with E-state index >= 15 is 0 Å². The molecular formula is C23H30N2O3. The van der Waals surface area contributed by atoms with Crippen LogP contribution in [-0.4, -0.2) is 43.2 Å². The van der Waals surface area contributed by atoms with E-state index in [4.69, 9.17) is 9.47 Å². The van der Waals surface area contributed by atoms with Gasteiger partial charge in [0.05, 0.1) is 0 Å². The van der Waals surface area contributed by atoms with Crippen LogP contribution in [0.1, 0.15) is 30.9 Å². The van der Waals surface area contributed by atoms with Crippen LogP contribution < -0.4 is 14.8 Å². The number of piperidine rings is 1. The second-order valence-electron chi connectivity index (χ2n) is 7.56. The van der Waals surface area contributed by atoms with Crippen LogP contribution in [-0.2, 0) is 11.3 Å². The Hall–Kier alpha value is -2.53. The lowest BCUT2D eigenvalue weighted by atomic mass is 10.1. The zero-order valence-corrected chi connectivity index (χ0v) is 17.0. The van der Waals surface area contributed by atoms with Crippen LogP contribution in [0.4, 0.5) is 0 Å². The van der Waals surface area contributed by atoms with E-state index in [9.17, 15) is 4.79 Å². The summed E-state index contributed by atoms with van der Waals surface area (Å²) in [5.41, 5.74) is 2.14. The molecule has 1 atom stereocenters. The van der Waals surface area contributed by atoms with Gasteiger partial charge in [0.15, 0.2) is 6.10 Å². The number of aryl methyl sites for hydroxylation is 1. The van der Waals surface area contributed by atoms with Crippen molar-refractivity contribution in [2.45, 2.75) is 45.4 Å². The summed E-state index contributed by atoms with van der Waals surface area (Å²) >= 11 is 0. The lowest BCUT2D eigenvalue weighted by molar-refractivity contribution is -0.127. The average Bonchev–Trinajstić information content (AvgIpc) is 2.69. The van der Waals surface area contributed by atoms with Crippen LogP contribution in [0.5, 0.6) is 11.5 Å². The van der Waals surface area contributed by atoms with E-state index in [1.165, 1.54) is 0 Å². The number of carbonyl (C=O) groups is 1. The number of benzene rings is 2. The Morgan fingerprint density at radius 3 is 2.54 bits per heavy atom. The average molecular weight is 383 g/mol. The third-order valence-corrected chi connectivity index (χ3v) is 5.03. The monoisotopic (exact) mass is 382 g/mol. The molecule has 0 bridgehead atoms. The number of amides is 1. The van der Waals surface area contributed by atoms with Crippen molar-refractivity contribution in [2.75, 3.05) is 20.1 Å². The number of rotatable bonds is 7. The third kappa shape index (κ3) is 5.99. The Balaban J connectivity index is 1.44. The van der Waals surface area contributed by atoms with E-state index in [0.717, 1.165) is 42.8 Å². The zero-order valence-electron chi connectivity index (χ0n) is 17.0. The van der Waals surface area contributed by atoms with Gasteiger partial charge in [-0.25, -0.2) is 0 Å². The highest BCUT2D eigenvalue weighted by Gasteiger charge is 2.18. The quantitative estimate of drug-likeness (QED) is 0.796. The van der Waals surface area contributed by atoms with Gasteiger partial charge >= 0.3 is 0 Å². The second-order valence-corrected chi connectivity index (χ2v) is 7.56. The van der Waals surface area contributed by atoms with Gasteiger partial charge in [0.25, 0.3) is 5.91 Å². The molecule has 2 aromatic carbocycles. The van der Waals surface area contributed by atoms with Gasteiger partial charge in [-0.05, 0) is 69.1 Å². The van der Waals surface area contributed by atoms with Crippen LogP contribution in [0.2, 0.25) is 0 Å². The van der Waals surface area contributed by atoms with Crippen LogP contribution in [0.15, 0.2) is 48.5 Å². The molecule has 1 heterocycles. The van der Waals surface area contributed by atoms with Gasteiger partial charge in [0, 0.05) is 19.6 Å². The molecule has 0 aromatic heterocycles. The van der Waals surface area contributed by atoms with Crippen molar-refractivity contribution in [1.82, 2.24) is 10.2 Å². The maximum absolute atomic E-state index is 12.3. The van der Waals surface area contributed by atoms with Gasteiger partial charge in [-0.2, -0.15) is 0 Å². The van der Waals surface area contributed by atoms with Crippen molar-refractivity contribution >= 4 is 5.91 Å². The Kier molecular flexibility index (Phi) is 6.93. The lowest BCUT2D eigenvalue weighted by Gasteiger charge is -2.29. The number of likely N-dealkylation sites (tertiary alicyclic amines) is 1. The predicted molar refractivity (Wildman–Crippen MR) is 111 cm³/mol. The first-order valence-corrected chi connectivity index (χ1v) is 9.95. The largest absolute Gasteiger partial charge is 0.490 e. The minimum Gasteiger partial charge on any atom is -0.490 e. The molecule has 0 aliphatic carbocycles. The van der Waals surface area contributed by atoms with Crippen LogP contribution in [0.3, 0.4) is 0 Å². The van der Waals surface area contributed by atoms with Crippen molar-refractivity contribution in [2.24, 2.45) is 0 Å². The number of ether oxygens (including phenoxy) is 2. The van der Waals surface area contributed by atoms with E-state index in [-0.39, 0.29) is 5.91 Å². The van der Waals surface area contributed by atoms with Crippen molar-refractivity contribution in [3.63, 3.8) is 0 Å². The van der Waals surface area contributed by atoms with Crippen LogP contribution in [0, 0.1) is 6.92 Å². The molecule has 1 amide bonds. The fourth-order valence-corrected chi connectivity index (χ4v) is 3.26. The first kappa shape index (κ1) is 20.2. The van der Waals surface area contributed by atoms with Gasteiger partial charge in [-0.3, -0.25) is 4.79 Å². The summed E-state index contributed by atoms with van der Waals surface area (Å²) in [5.74, 6) is 1.46. The smallest absolute Gasteiger partial charge is 0.261 e. The summed E-state index contributed by atoms with van der Waals surface area (Å²) in [4.78, 5) is 14.6. The highest BCUT2D eigenvalue weighted by Crippen LogP contribution is 2.19. The number of carbonyl (C=O) groups excluding carboxylic acids is 1. The van der Waals surface area contributed by atoms with Crippen LogP contribution in [0.25, 0.3) is 0 Å². The van der Waals surface area contributed by atoms with E-state index < -0.39 is 6.10 Å². The molecule has 5 heteroatoms. The van der Waals surface area contributed by atoms with E-state index in [1.807, 2.05) is 55.5 Å². The maximum Gasteiger partial charge on any atom is 0.261 e. The summed E-state index contributed by atoms with van der Waals surface area (Å²) < 4.78 is 11.8. The minimum atomic E-state index is -0.547. The molecule has 5 nitrogen and oxygen atoms in total. The Morgan fingerprint density at radius 2 is 1.86 bits per heavy atom. The minimum absolute atomic E-state index is 0.131. The van der Waals surface area contributed by atoms with Gasteiger partial charge in [-0.15, -0.1) is 0 Å². The molecule has 0 spiro atoms. The zero-order chi connectivity index (χ0) is 19.9. The molecule has 0 unspecified atom stereocenters. The van der Waals surface area contributed by atoms with Gasteiger partial charge in [-0.1, -0.05) is 24.3 Å². The summed E-state index contributed by atoms with van der Waals surface area (Å²) in [6, 6.07) is 15.7. The van der Waals surface area contributed by atoms with Crippen molar-refractivity contribution in [3.05, 3.63) is 59.7 Å². The molecule has 1 aliphatic heterocycles. The molecule has 1 fully saturated rings. The predicted octanol–water partition coefficient (Wildman–Crippen LogP) is 3.55. The van der Waals surface area contributed by atoms with Gasteiger partial charge < -0.3 is 19.7 Å². The molecule has 2 aromatic rings. The van der Waals surface area contributed by atoms with Crippen LogP contribution >= 0.6 is 0 Å².